The second-order valence-electron chi connectivity index (χ2n) is 6.80. The van der Waals surface area contributed by atoms with Crippen LogP contribution in [0.25, 0.3) is 0 Å². The first-order valence-electron chi connectivity index (χ1n) is 8.62. The zero-order valence-electron chi connectivity index (χ0n) is 14.8. The zero-order valence-corrected chi connectivity index (χ0v) is 15.6. The topological polar surface area (TPSA) is 40.6 Å². The molecule has 0 saturated carbocycles. The molecule has 5 heteroatoms. The molecular weight excluding hydrogens is 332 g/mol. The van der Waals surface area contributed by atoms with Crippen LogP contribution >= 0.6 is 11.3 Å². The Kier molecular flexibility index (Phi) is 5.53. The van der Waals surface area contributed by atoms with Crippen LogP contribution in [0.1, 0.15) is 21.7 Å². The van der Waals surface area contributed by atoms with Gasteiger partial charge in [0.1, 0.15) is 0 Å². The first kappa shape index (κ1) is 17.7. The van der Waals surface area contributed by atoms with Crippen molar-refractivity contribution in [1.82, 2.24) is 9.80 Å². The highest BCUT2D eigenvalue weighted by atomic mass is 32.1. The van der Waals surface area contributed by atoms with Gasteiger partial charge >= 0.3 is 0 Å². The van der Waals surface area contributed by atoms with Crippen LogP contribution in [0.5, 0.6) is 0 Å². The number of carbonyl (C=O) groups is 2. The maximum atomic E-state index is 12.5. The van der Waals surface area contributed by atoms with Crippen molar-refractivity contribution >= 4 is 23.2 Å². The first-order chi connectivity index (χ1) is 12.0. The van der Waals surface area contributed by atoms with Crippen molar-refractivity contribution in [3.05, 3.63) is 57.8 Å². The van der Waals surface area contributed by atoms with E-state index >= 15 is 0 Å². The van der Waals surface area contributed by atoms with E-state index < -0.39 is 0 Å². The molecule has 0 bridgehead atoms. The molecule has 2 aromatic rings. The fraction of sp³-hybridized carbons (Fsp3) is 0.400. The lowest BCUT2D eigenvalue weighted by atomic mass is 9.99. The van der Waals surface area contributed by atoms with Gasteiger partial charge in [-0.3, -0.25) is 9.59 Å². The Labute approximate surface area is 153 Å². The van der Waals surface area contributed by atoms with E-state index in [1.165, 1.54) is 15.3 Å². The lowest BCUT2D eigenvalue weighted by molar-refractivity contribution is -0.137. The number of likely N-dealkylation sites (tertiary alicyclic amines) is 1. The van der Waals surface area contributed by atoms with Gasteiger partial charge in [0.2, 0.25) is 11.8 Å². The van der Waals surface area contributed by atoms with Gasteiger partial charge < -0.3 is 9.80 Å². The number of aryl methyl sites for hydroxylation is 1. The summed E-state index contributed by atoms with van der Waals surface area (Å²) >= 11 is 1.70. The molecule has 2 heterocycles. The normalized spacial score (nSPS) is 17.1. The van der Waals surface area contributed by atoms with Crippen LogP contribution in [0, 0.1) is 12.8 Å². The maximum absolute atomic E-state index is 12.5. The molecule has 0 aliphatic carbocycles. The number of hydrogen-bond acceptors (Lipinski definition) is 3. The zero-order chi connectivity index (χ0) is 17.8. The van der Waals surface area contributed by atoms with Crippen molar-refractivity contribution in [3.8, 4) is 0 Å². The third-order valence-electron chi connectivity index (χ3n) is 4.60. The highest BCUT2D eigenvalue weighted by molar-refractivity contribution is 7.11. The summed E-state index contributed by atoms with van der Waals surface area (Å²) in [7, 11) is 1.80. The summed E-state index contributed by atoms with van der Waals surface area (Å²) in [5, 5.41) is 0. The SMILES string of the molecule is Cc1ccc(CN(C)C(=O)CN2C[C@H](Cc3ccccc3)CC2=O)s1. The molecule has 0 spiro atoms. The maximum Gasteiger partial charge on any atom is 0.242 e. The molecule has 3 rings (SSSR count). The monoisotopic (exact) mass is 356 g/mol. The van der Waals surface area contributed by atoms with E-state index in [9.17, 15) is 9.59 Å². The number of nitrogens with zero attached hydrogens (tertiary/aromatic N) is 2. The summed E-state index contributed by atoms with van der Waals surface area (Å²) < 4.78 is 0. The number of benzene rings is 1. The molecular formula is C20H24N2O2S. The van der Waals surface area contributed by atoms with Gasteiger partial charge in [-0.2, -0.15) is 0 Å². The molecule has 0 N–H and O–H groups in total. The standard InChI is InChI=1S/C20H24N2O2S/c1-15-8-9-18(25-15)13-21(2)20(24)14-22-12-17(11-19(22)23)10-16-6-4-3-5-7-16/h3-9,17H,10-14H2,1-2H3/t17-/m1/s1. The average Bonchev–Trinajstić information content (AvgIpc) is 3.14. The van der Waals surface area contributed by atoms with Crippen LogP contribution in [0.2, 0.25) is 0 Å². The van der Waals surface area contributed by atoms with Crippen molar-refractivity contribution in [2.24, 2.45) is 5.92 Å². The minimum atomic E-state index is -0.000218. The van der Waals surface area contributed by atoms with E-state index in [4.69, 9.17) is 0 Å². The Hall–Kier alpha value is -2.14. The van der Waals surface area contributed by atoms with Crippen molar-refractivity contribution < 1.29 is 9.59 Å². The van der Waals surface area contributed by atoms with Gasteiger partial charge in [-0.1, -0.05) is 30.3 Å². The third kappa shape index (κ3) is 4.69. The van der Waals surface area contributed by atoms with Crippen LogP contribution in [-0.4, -0.2) is 41.8 Å². The number of thiophene rings is 1. The van der Waals surface area contributed by atoms with Crippen molar-refractivity contribution in [3.63, 3.8) is 0 Å². The van der Waals surface area contributed by atoms with E-state index in [-0.39, 0.29) is 18.4 Å². The van der Waals surface area contributed by atoms with Gasteiger partial charge in [0.05, 0.1) is 13.1 Å². The van der Waals surface area contributed by atoms with Crippen LogP contribution in [-0.2, 0) is 22.6 Å². The fourth-order valence-electron chi connectivity index (χ4n) is 3.27. The molecule has 1 atom stereocenters. The average molecular weight is 356 g/mol. The van der Waals surface area contributed by atoms with Crippen LogP contribution in [0.4, 0.5) is 0 Å². The van der Waals surface area contributed by atoms with E-state index in [1.807, 2.05) is 18.2 Å². The van der Waals surface area contributed by atoms with E-state index in [1.54, 1.807) is 28.2 Å². The Morgan fingerprint density at radius 1 is 1.24 bits per heavy atom. The predicted octanol–water partition coefficient (Wildman–Crippen LogP) is 3.11. The lowest BCUT2D eigenvalue weighted by Gasteiger charge is -2.21. The Morgan fingerprint density at radius 2 is 2.00 bits per heavy atom. The number of carbonyl (C=O) groups excluding carboxylic acids is 2. The molecule has 1 fully saturated rings. The van der Waals surface area contributed by atoms with Gasteiger partial charge in [-0.15, -0.1) is 11.3 Å². The fourth-order valence-corrected chi connectivity index (χ4v) is 4.21. The molecule has 1 saturated heterocycles. The van der Waals surface area contributed by atoms with E-state index in [0.29, 0.717) is 25.4 Å². The van der Waals surface area contributed by atoms with Gasteiger partial charge in [0.15, 0.2) is 0 Å². The van der Waals surface area contributed by atoms with Crippen molar-refractivity contribution in [1.29, 1.82) is 0 Å². The minimum Gasteiger partial charge on any atom is -0.339 e. The minimum absolute atomic E-state index is 0.000218. The number of amides is 2. The molecule has 0 unspecified atom stereocenters. The van der Waals surface area contributed by atoms with Crippen LogP contribution in [0.15, 0.2) is 42.5 Å². The summed E-state index contributed by atoms with van der Waals surface area (Å²) in [6.07, 6.45) is 1.43. The number of hydrogen-bond donors (Lipinski definition) is 0. The van der Waals surface area contributed by atoms with Gasteiger partial charge in [-0.25, -0.2) is 0 Å². The van der Waals surface area contributed by atoms with Gasteiger partial charge in [0, 0.05) is 29.8 Å². The molecule has 132 valence electrons. The van der Waals surface area contributed by atoms with Crippen molar-refractivity contribution in [2.45, 2.75) is 26.3 Å². The largest absolute Gasteiger partial charge is 0.339 e. The predicted molar refractivity (Wildman–Crippen MR) is 100 cm³/mol. The summed E-state index contributed by atoms with van der Waals surface area (Å²) in [5.74, 6) is 0.391. The quantitative estimate of drug-likeness (QED) is 0.798. The summed E-state index contributed by atoms with van der Waals surface area (Å²) in [6, 6.07) is 14.4. The number of likely N-dealkylation sites (N-methyl/N-ethyl adjacent to an activating group) is 1. The van der Waals surface area contributed by atoms with Crippen molar-refractivity contribution in [2.75, 3.05) is 20.1 Å². The summed E-state index contributed by atoms with van der Waals surface area (Å²) in [4.78, 5) is 30.5. The molecule has 1 aromatic carbocycles. The molecule has 1 aliphatic heterocycles. The molecule has 1 aliphatic rings. The van der Waals surface area contributed by atoms with Crippen LogP contribution < -0.4 is 0 Å². The second-order valence-corrected chi connectivity index (χ2v) is 8.17. The smallest absolute Gasteiger partial charge is 0.242 e. The Balaban J connectivity index is 1.51. The van der Waals surface area contributed by atoms with Crippen LogP contribution in [0.3, 0.4) is 0 Å². The highest BCUT2D eigenvalue weighted by Crippen LogP contribution is 2.22. The Bertz CT molecular complexity index is 741. The molecule has 4 nitrogen and oxygen atoms in total. The highest BCUT2D eigenvalue weighted by Gasteiger charge is 2.31. The first-order valence-corrected chi connectivity index (χ1v) is 9.44. The van der Waals surface area contributed by atoms with E-state index in [2.05, 4.69) is 31.2 Å². The number of rotatable bonds is 6. The van der Waals surface area contributed by atoms with Gasteiger partial charge in [-0.05, 0) is 37.0 Å². The third-order valence-corrected chi connectivity index (χ3v) is 5.59. The molecule has 0 radical (unpaired) electrons. The second kappa shape index (κ2) is 7.83. The molecule has 25 heavy (non-hydrogen) atoms. The van der Waals surface area contributed by atoms with Gasteiger partial charge in [0.25, 0.3) is 0 Å². The van der Waals surface area contributed by atoms with E-state index in [0.717, 1.165) is 6.42 Å². The summed E-state index contributed by atoms with van der Waals surface area (Å²) in [6.45, 7) is 3.52. The Morgan fingerprint density at radius 3 is 2.68 bits per heavy atom. The summed E-state index contributed by atoms with van der Waals surface area (Å²) in [5.41, 5.74) is 1.25. The lowest BCUT2D eigenvalue weighted by Crippen LogP contribution is -2.38. The molecule has 1 aromatic heterocycles. The molecule has 2 amide bonds.